The Morgan fingerprint density at radius 3 is 2.55 bits per heavy atom. The molecule has 3 aromatic carbocycles. The van der Waals surface area contributed by atoms with Crippen molar-refractivity contribution in [3.63, 3.8) is 0 Å². The highest BCUT2D eigenvalue weighted by Gasteiger charge is 2.33. The molecule has 1 aliphatic rings. The van der Waals surface area contributed by atoms with Crippen LogP contribution < -0.4 is 14.9 Å². The van der Waals surface area contributed by atoms with Crippen LogP contribution in [0.25, 0.3) is 17.0 Å². The molecule has 0 fully saturated rings. The van der Waals surface area contributed by atoms with Crippen LogP contribution in [0.15, 0.2) is 94.0 Å². The van der Waals surface area contributed by atoms with E-state index in [9.17, 15) is 9.59 Å². The first-order valence-corrected chi connectivity index (χ1v) is 16.0. The van der Waals surface area contributed by atoms with Gasteiger partial charge < -0.3 is 9.30 Å². The molecule has 44 heavy (non-hydrogen) atoms. The molecule has 3 heterocycles. The van der Waals surface area contributed by atoms with Crippen molar-refractivity contribution in [3.8, 4) is 0 Å². The first-order chi connectivity index (χ1) is 21.2. The number of esters is 1. The summed E-state index contributed by atoms with van der Waals surface area (Å²) in [6.45, 7) is 8.60. The van der Waals surface area contributed by atoms with Gasteiger partial charge in [0.15, 0.2) is 4.80 Å². The van der Waals surface area contributed by atoms with E-state index in [1.54, 1.807) is 24.5 Å². The molecular weight excluding hydrogens is 613 g/mol. The quantitative estimate of drug-likeness (QED) is 0.176. The van der Waals surface area contributed by atoms with E-state index < -0.39 is 12.0 Å². The van der Waals surface area contributed by atoms with Crippen molar-refractivity contribution in [3.05, 3.63) is 136 Å². The summed E-state index contributed by atoms with van der Waals surface area (Å²) in [6, 6.07) is 21.0. The Labute approximate surface area is 269 Å². The van der Waals surface area contributed by atoms with Crippen molar-refractivity contribution in [2.75, 3.05) is 6.61 Å². The van der Waals surface area contributed by atoms with Gasteiger partial charge in [0.25, 0.3) is 5.56 Å². The van der Waals surface area contributed by atoms with Crippen molar-refractivity contribution in [1.29, 1.82) is 0 Å². The van der Waals surface area contributed by atoms with E-state index in [1.807, 2.05) is 60.8 Å². The molecule has 0 bridgehead atoms. The highest BCUT2D eigenvalue weighted by Crippen LogP contribution is 2.32. The topological polar surface area (TPSA) is 65.6 Å². The number of ether oxygens (including phenoxy) is 1. The average molecular weight is 645 g/mol. The molecule has 2 aromatic heterocycles. The molecule has 5 aromatic rings. The Morgan fingerprint density at radius 1 is 1.09 bits per heavy atom. The first-order valence-electron chi connectivity index (χ1n) is 14.5. The zero-order valence-corrected chi connectivity index (χ0v) is 27.1. The summed E-state index contributed by atoms with van der Waals surface area (Å²) in [5.41, 5.74) is 5.57. The predicted octanol–water partition coefficient (Wildman–Crippen LogP) is 7.23. The van der Waals surface area contributed by atoms with Crippen molar-refractivity contribution < 1.29 is 9.53 Å². The van der Waals surface area contributed by atoms with Crippen molar-refractivity contribution in [2.45, 2.75) is 46.2 Å². The van der Waals surface area contributed by atoms with Crippen LogP contribution >= 0.6 is 34.5 Å². The summed E-state index contributed by atoms with van der Waals surface area (Å²) in [4.78, 5) is 32.7. The second-order valence-electron chi connectivity index (χ2n) is 11.1. The third kappa shape index (κ3) is 5.56. The van der Waals surface area contributed by atoms with Gasteiger partial charge in [0.2, 0.25) is 0 Å². The number of benzene rings is 3. The van der Waals surface area contributed by atoms with Gasteiger partial charge in [-0.2, -0.15) is 0 Å². The largest absolute Gasteiger partial charge is 0.463 e. The lowest BCUT2D eigenvalue weighted by atomic mass is 9.93. The van der Waals surface area contributed by atoms with E-state index in [0.29, 0.717) is 43.1 Å². The number of halogens is 2. The third-order valence-electron chi connectivity index (χ3n) is 7.90. The highest BCUT2D eigenvalue weighted by molar-refractivity contribution is 7.07. The molecule has 0 saturated carbocycles. The van der Waals surface area contributed by atoms with E-state index in [4.69, 9.17) is 32.9 Å². The number of thiazole rings is 1. The van der Waals surface area contributed by atoms with Gasteiger partial charge in [0, 0.05) is 39.3 Å². The summed E-state index contributed by atoms with van der Waals surface area (Å²) < 4.78 is 9.72. The number of rotatable bonds is 7. The van der Waals surface area contributed by atoms with Gasteiger partial charge in [-0.1, -0.05) is 96.9 Å². The number of nitrogens with zero attached hydrogens (tertiary/aromatic N) is 3. The zero-order valence-electron chi connectivity index (χ0n) is 24.8. The summed E-state index contributed by atoms with van der Waals surface area (Å²) in [5, 5.41) is 2.19. The third-order valence-corrected chi connectivity index (χ3v) is 9.47. The van der Waals surface area contributed by atoms with Crippen LogP contribution in [0.3, 0.4) is 0 Å². The second kappa shape index (κ2) is 12.2. The number of carbonyl (C=O) groups is 1. The summed E-state index contributed by atoms with van der Waals surface area (Å²) >= 11 is 13.9. The number of para-hydroxylation sites is 1. The normalized spacial score (nSPS) is 15.2. The van der Waals surface area contributed by atoms with Crippen LogP contribution in [0.5, 0.6) is 0 Å². The SMILES string of the molecule is CCOC(=O)C1=C(C)N=c2s/c(=C\c3cn(Cc4ccc(Cl)cc4Cl)c4ccccc34)c(=O)n2[C@@H]1c1ccc(C(C)C)cc1. The maximum atomic E-state index is 14.2. The van der Waals surface area contributed by atoms with Crippen LogP contribution in [0, 0.1) is 0 Å². The van der Waals surface area contributed by atoms with Crippen molar-refractivity contribution in [2.24, 2.45) is 4.99 Å². The Bertz CT molecular complexity index is 2120. The minimum absolute atomic E-state index is 0.210. The summed E-state index contributed by atoms with van der Waals surface area (Å²) in [5.74, 6) is -0.115. The fraction of sp³-hybridized carbons (Fsp3) is 0.229. The molecule has 0 spiro atoms. The van der Waals surface area contributed by atoms with Gasteiger partial charge in [0.05, 0.1) is 28.5 Å². The number of hydrogen-bond donors (Lipinski definition) is 0. The predicted molar refractivity (Wildman–Crippen MR) is 178 cm³/mol. The van der Waals surface area contributed by atoms with Crippen LogP contribution in [-0.2, 0) is 16.1 Å². The van der Waals surface area contributed by atoms with Gasteiger partial charge in [-0.3, -0.25) is 9.36 Å². The van der Waals surface area contributed by atoms with E-state index in [-0.39, 0.29) is 12.2 Å². The summed E-state index contributed by atoms with van der Waals surface area (Å²) in [7, 11) is 0. The molecule has 6 rings (SSSR count). The fourth-order valence-corrected chi connectivity index (χ4v) is 7.17. The van der Waals surface area contributed by atoms with Gasteiger partial charge in [0.1, 0.15) is 0 Å². The van der Waals surface area contributed by atoms with Crippen molar-refractivity contribution in [1.82, 2.24) is 9.13 Å². The van der Waals surface area contributed by atoms with Gasteiger partial charge in [-0.25, -0.2) is 9.79 Å². The molecule has 0 saturated heterocycles. The lowest BCUT2D eigenvalue weighted by Crippen LogP contribution is -2.39. The minimum Gasteiger partial charge on any atom is -0.463 e. The number of allylic oxidation sites excluding steroid dienone is 1. The lowest BCUT2D eigenvalue weighted by Gasteiger charge is -2.25. The highest BCUT2D eigenvalue weighted by atomic mass is 35.5. The van der Waals surface area contributed by atoms with Crippen LogP contribution in [0.4, 0.5) is 0 Å². The standard InChI is InChI=1S/C35H31Cl2N3O3S/c1-5-43-34(42)31-21(4)38-35-40(32(31)23-12-10-22(11-13-23)20(2)3)33(41)30(44-35)16-25-19-39(29-9-7-6-8-27(25)29)18-24-14-15-26(36)17-28(24)37/h6-17,19-20,32H,5,18H2,1-4H3/b30-16-/t32-/m1/s1. The van der Waals surface area contributed by atoms with Crippen LogP contribution in [0.1, 0.15) is 61.9 Å². The van der Waals surface area contributed by atoms with Gasteiger partial charge in [-0.05, 0) is 60.7 Å². The molecule has 0 N–H and O–H groups in total. The lowest BCUT2D eigenvalue weighted by molar-refractivity contribution is -0.139. The van der Waals surface area contributed by atoms with E-state index in [1.165, 1.54) is 16.9 Å². The number of carbonyl (C=O) groups excluding carboxylic acids is 1. The Hall–Kier alpha value is -3.91. The minimum atomic E-state index is -0.651. The molecule has 0 amide bonds. The maximum absolute atomic E-state index is 14.2. The average Bonchev–Trinajstić information content (AvgIpc) is 3.50. The van der Waals surface area contributed by atoms with Gasteiger partial charge >= 0.3 is 5.97 Å². The monoisotopic (exact) mass is 643 g/mol. The Morgan fingerprint density at radius 2 is 1.84 bits per heavy atom. The molecule has 224 valence electrons. The smallest absolute Gasteiger partial charge is 0.338 e. The van der Waals surface area contributed by atoms with Crippen LogP contribution in [0.2, 0.25) is 10.0 Å². The molecule has 0 unspecified atom stereocenters. The zero-order chi connectivity index (χ0) is 31.1. The maximum Gasteiger partial charge on any atom is 0.338 e. The van der Waals surface area contributed by atoms with Crippen LogP contribution in [-0.4, -0.2) is 21.7 Å². The fourth-order valence-electron chi connectivity index (χ4n) is 5.67. The van der Waals surface area contributed by atoms with E-state index in [2.05, 4.69) is 30.5 Å². The number of aromatic nitrogens is 2. The molecular formula is C35H31Cl2N3O3S. The Kier molecular flexibility index (Phi) is 8.38. The number of hydrogen-bond acceptors (Lipinski definition) is 5. The van der Waals surface area contributed by atoms with E-state index in [0.717, 1.165) is 27.6 Å². The molecule has 6 nitrogen and oxygen atoms in total. The molecule has 9 heteroatoms. The van der Waals surface area contributed by atoms with E-state index >= 15 is 0 Å². The molecule has 1 atom stereocenters. The molecule has 0 radical (unpaired) electrons. The Balaban J connectivity index is 1.50. The first kappa shape index (κ1) is 30.1. The molecule has 0 aliphatic carbocycles. The summed E-state index contributed by atoms with van der Waals surface area (Å²) in [6.07, 6.45) is 3.94. The van der Waals surface area contributed by atoms with Crippen molar-refractivity contribution >= 4 is 57.5 Å². The molecule has 1 aliphatic heterocycles. The number of fused-ring (bicyclic) bond motifs is 2. The van der Waals surface area contributed by atoms with Gasteiger partial charge in [-0.15, -0.1) is 0 Å². The second-order valence-corrected chi connectivity index (χ2v) is 12.9.